The summed E-state index contributed by atoms with van der Waals surface area (Å²) in [6, 6.07) is 12.4. The molecule has 28 heavy (non-hydrogen) atoms. The number of methoxy groups -OCH3 is 1. The minimum absolute atomic E-state index is 0.145. The van der Waals surface area contributed by atoms with E-state index in [1.54, 1.807) is 44.4 Å². The van der Waals surface area contributed by atoms with E-state index in [1.165, 1.54) is 12.0 Å². The third-order valence-electron chi connectivity index (χ3n) is 4.61. The lowest BCUT2D eigenvalue weighted by Gasteiger charge is -2.28. The minimum atomic E-state index is -0.263. The van der Waals surface area contributed by atoms with Gasteiger partial charge in [0.15, 0.2) is 0 Å². The number of nitrogens with one attached hydrogen (secondary N) is 1. The zero-order chi connectivity index (χ0) is 20.1. The van der Waals surface area contributed by atoms with Gasteiger partial charge in [0.05, 0.1) is 26.0 Å². The Labute approximate surface area is 164 Å². The van der Waals surface area contributed by atoms with Crippen LogP contribution in [0.25, 0.3) is 0 Å². The second-order valence-electron chi connectivity index (χ2n) is 6.72. The van der Waals surface area contributed by atoms with Crippen LogP contribution in [-0.2, 0) is 4.74 Å². The molecule has 1 N–H and O–H groups in total. The average Bonchev–Trinajstić information content (AvgIpc) is 2.73. The van der Waals surface area contributed by atoms with Gasteiger partial charge in [-0.25, -0.2) is 0 Å². The van der Waals surface area contributed by atoms with Crippen LogP contribution in [0.1, 0.15) is 20.7 Å². The second kappa shape index (κ2) is 8.75. The Morgan fingerprint density at radius 2 is 1.68 bits per heavy atom. The van der Waals surface area contributed by atoms with E-state index in [0.29, 0.717) is 35.8 Å². The van der Waals surface area contributed by atoms with Gasteiger partial charge in [0.1, 0.15) is 5.75 Å². The highest BCUT2D eigenvalue weighted by molar-refractivity contribution is 6.06. The van der Waals surface area contributed by atoms with Gasteiger partial charge in [-0.1, -0.05) is 0 Å². The van der Waals surface area contributed by atoms with E-state index < -0.39 is 0 Å². The Bertz CT molecular complexity index is 843. The van der Waals surface area contributed by atoms with Crippen molar-refractivity contribution in [2.45, 2.75) is 0 Å². The predicted octanol–water partition coefficient (Wildman–Crippen LogP) is 2.49. The van der Waals surface area contributed by atoms with E-state index >= 15 is 0 Å². The van der Waals surface area contributed by atoms with Crippen molar-refractivity contribution in [3.8, 4) is 5.75 Å². The van der Waals surface area contributed by atoms with Gasteiger partial charge in [-0.2, -0.15) is 0 Å². The summed E-state index contributed by atoms with van der Waals surface area (Å²) >= 11 is 0. The number of rotatable bonds is 5. The zero-order valence-electron chi connectivity index (χ0n) is 16.4. The molecule has 1 aliphatic heterocycles. The molecule has 3 rings (SSSR count). The zero-order valence-corrected chi connectivity index (χ0v) is 16.4. The molecule has 0 unspecified atom stereocenters. The number of ether oxygens (including phenoxy) is 2. The van der Waals surface area contributed by atoms with Gasteiger partial charge in [-0.3, -0.25) is 9.59 Å². The number of carbonyl (C=O) groups excluding carboxylic acids is 2. The summed E-state index contributed by atoms with van der Waals surface area (Å²) in [4.78, 5) is 28.6. The molecule has 148 valence electrons. The van der Waals surface area contributed by atoms with Gasteiger partial charge in [-0.15, -0.1) is 0 Å². The van der Waals surface area contributed by atoms with Crippen LogP contribution in [0.15, 0.2) is 42.5 Å². The number of carbonyl (C=O) groups is 2. The van der Waals surface area contributed by atoms with E-state index in [4.69, 9.17) is 9.47 Å². The number of anilines is 2. The lowest BCUT2D eigenvalue weighted by atomic mass is 10.1. The van der Waals surface area contributed by atoms with Gasteiger partial charge in [0.25, 0.3) is 11.8 Å². The number of hydrogen-bond acceptors (Lipinski definition) is 5. The summed E-state index contributed by atoms with van der Waals surface area (Å²) in [5.41, 5.74) is 2.53. The fourth-order valence-corrected chi connectivity index (χ4v) is 3.04. The molecule has 0 bridgehead atoms. The molecule has 1 saturated heterocycles. The lowest BCUT2D eigenvalue weighted by Crippen LogP contribution is -2.36. The summed E-state index contributed by atoms with van der Waals surface area (Å²) in [5, 5.41) is 2.84. The molecule has 1 fully saturated rings. The first-order chi connectivity index (χ1) is 13.5. The first kappa shape index (κ1) is 19.7. The summed E-state index contributed by atoms with van der Waals surface area (Å²) in [5.74, 6) is 0.0860. The lowest BCUT2D eigenvalue weighted by molar-refractivity contribution is 0.0827. The molecule has 7 nitrogen and oxygen atoms in total. The minimum Gasteiger partial charge on any atom is -0.495 e. The Morgan fingerprint density at radius 3 is 2.29 bits per heavy atom. The van der Waals surface area contributed by atoms with Crippen LogP contribution < -0.4 is 15.0 Å². The number of hydrogen-bond donors (Lipinski definition) is 1. The van der Waals surface area contributed by atoms with Crippen molar-refractivity contribution >= 4 is 23.2 Å². The maximum atomic E-state index is 12.7. The molecule has 7 heteroatoms. The van der Waals surface area contributed by atoms with Gasteiger partial charge in [0, 0.05) is 44.0 Å². The Hall–Kier alpha value is -3.06. The first-order valence-corrected chi connectivity index (χ1v) is 9.13. The van der Waals surface area contributed by atoms with Gasteiger partial charge >= 0.3 is 0 Å². The highest BCUT2D eigenvalue weighted by Gasteiger charge is 2.16. The van der Waals surface area contributed by atoms with Crippen molar-refractivity contribution in [1.29, 1.82) is 0 Å². The van der Waals surface area contributed by atoms with E-state index in [0.717, 1.165) is 18.8 Å². The fraction of sp³-hybridized carbons (Fsp3) is 0.333. The Kier molecular flexibility index (Phi) is 6.16. The highest BCUT2D eigenvalue weighted by atomic mass is 16.5. The fourth-order valence-electron chi connectivity index (χ4n) is 3.04. The van der Waals surface area contributed by atoms with E-state index in [9.17, 15) is 9.59 Å². The molecule has 0 aromatic heterocycles. The molecule has 0 radical (unpaired) electrons. The maximum Gasteiger partial charge on any atom is 0.255 e. The maximum absolute atomic E-state index is 12.7. The molecule has 2 amide bonds. The number of morpholine rings is 1. The molecule has 2 aromatic rings. The van der Waals surface area contributed by atoms with Crippen molar-refractivity contribution in [3.63, 3.8) is 0 Å². The number of amides is 2. The van der Waals surface area contributed by atoms with Crippen LogP contribution in [0.4, 0.5) is 11.4 Å². The van der Waals surface area contributed by atoms with Crippen LogP contribution in [-0.4, -0.2) is 64.2 Å². The van der Waals surface area contributed by atoms with Crippen LogP contribution in [0.3, 0.4) is 0 Å². The molecule has 2 aromatic carbocycles. The van der Waals surface area contributed by atoms with Gasteiger partial charge in [0.2, 0.25) is 0 Å². The Morgan fingerprint density at radius 1 is 1.04 bits per heavy atom. The van der Waals surface area contributed by atoms with Crippen LogP contribution in [0, 0.1) is 0 Å². The van der Waals surface area contributed by atoms with Gasteiger partial charge < -0.3 is 24.6 Å². The predicted molar refractivity (Wildman–Crippen MR) is 108 cm³/mol. The third-order valence-corrected chi connectivity index (χ3v) is 4.61. The third kappa shape index (κ3) is 4.43. The average molecular weight is 383 g/mol. The summed E-state index contributed by atoms with van der Waals surface area (Å²) < 4.78 is 10.7. The van der Waals surface area contributed by atoms with Crippen molar-refractivity contribution in [2.24, 2.45) is 0 Å². The van der Waals surface area contributed by atoms with Crippen molar-refractivity contribution < 1.29 is 19.1 Å². The molecule has 1 aliphatic rings. The van der Waals surface area contributed by atoms with E-state index in [1.807, 2.05) is 12.1 Å². The molecular weight excluding hydrogens is 358 g/mol. The molecule has 0 saturated carbocycles. The van der Waals surface area contributed by atoms with Crippen molar-refractivity contribution in [2.75, 3.05) is 57.7 Å². The first-order valence-electron chi connectivity index (χ1n) is 9.13. The largest absolute Gasteiger partial charge is 0.495 e. The molecule has 0 spiro atoms. The highest BCUT2D eigenvalue weighted by Crippen LogP contribution is 2.27. The monoisotopic (exact) mass is 383 g/mol. The standard InChI is InChI=1S/C21H25N3O4/c1-23(2)21(26)16-6-9-19(27-3)18(14-16)22-20(25)15-4-7-17(8-5-15)24-10-12-28-13-11-24/h4-9,14H,10-13H2,1-3H3,(H,22,25). The van der Waals surface area contributed by atoms with E-state index in [2.05, 4.69) is 10.2 Å². The summed E-state index contributed by atoms with van der Waals surface area (Å²) in [7, 11) is 4.89. The Balaban J connectivity index is 1.76. The van der Waals surface area contributed by atoms with Crippen LogP contribution in [0.2, 0.25) is 0 Å². The number of benzene rings is 2. The summed E-state index contributed by atoms with van der Waals surface area (Å²) in [6.07, 6.45) is 0. The molecule has 1 heterocycles. The molecular formula is C21H25N3O4. The summed E-state index contributed by atoms with van der Waals surface area (Å²) in [6.45, 7) is 3.11. The smallest absolute Gasteiger partial charge is 0.255 e. The topological polar surface area (TPSA) is 71.1 Å². The second-order valence-corrected chi connectivity index (χ2v) is 6.72. The molecule has 0 atom stereocenters. The van der Waals surface area contributed by atoms with Crippen LogP contribution in [0.5, 0.6) is 5.75 Å². The van der Waals surface area contributed by atoms with E-state index in [-0.39, 0.29) is 11.8 Å². The normalized spacial score (nSPS) is 13.8. The van der Waals surface area contributed by atoms with Crippen LogP contribution >= 0.6 is 0 Å². The molecule has 0 aliphatic carbocycles. The number of nitrogens with zero attached hydrogens (tertiary/aromatic N) is 2. The van der Waals surface area contributed by atoms with Crippen molar-refractivity contribution in [1.82, 2.24) is 4.90 Å². The van der Waals surface area contributed by atoms with Gasteiger partial charge in [-0.05, 0) is 42.5 Å². The quantitative estimate of drug-likeness (QED) is 0.859. The SMILES string of the molecule is COc1ccc(C(=O)N(C)C)cc1NC(=O)c1ccc(N2CCOCC2)cc1. The van der Waals surface area contributed by atoms with Crippen molar-refractivity contribution in [3.05, 3.63) is 53.6 Å².